The van der Waals surface area contributed by atoms with Crippen LogP contribution >= 0.6 is 0 Å². The lowest BCUT2D eigenvalue weighted by molar-refractivity contribution is 0.0879. The molecule has 0 spiro atoms. The van der Waals surface area contributed by atoms with Gasteiger partial charge < -0.3 is 5.32 Å². The van der Waals surface area contributed by atoms with Crippen LogP contribution in [-0.4, -0.2) is 13.1 Å². The highest BCUT2D eigenvalue weighted by Gasteiger charge is 2.37. The van der Waals surface area contributed by atoms with Crippen LogP contribution in [0.1, 0.15) is 98.3 Å². The van der Waals surface area contributed by atoms with Crippen LogP contribution in [-0.2, 0) is 0 Å². The van der Waals surface area contributed by atoms with Gasteiger partial charge in [-0.05, 0) is 43.6 Å². The van der Waals surface area contributed by atoms with Crippen molar-refractivity contribution < 1.29 is 0 Å². The Morgan fingerprint density at radius 3 is 2.19 bits per heavy atom. The van der Waals surface area contributed by atoms with E-state index in [0.29, 0.717) is 5.41 Å². The van der Waals surface area contributed by atoms with Crippen LogP contribution in [0.2, 0.25) is 0 Å². The van der Waals surface area contributed by atoms with Gasteiger partial charge in [-0.3, -0.25) is 0 Å². The van der Waals surface area contributed by atoms with Crippen LogP contribution < -0.4 is 5.32 Å². The number of hydrogen-bond acceptors (Lipinski definition) is 1. The van der Waals surface area contributed by atoms with Crippen molar-refractivity contribution in [3.8, 4) is 0 Å². The quantitative estimate of drug-likeness (QED) is 0.475. The summed E-state index contributed by atoms with van der Waals surface area (Å²) in [7, 11) is 2.17. The van der Waals surface area contributed by atoms with Gasteiger partial charge in [0.25, 0.3) is 0 Å². The zero-order valence-electron chi connectivity index (χ0n) is 15.5. The Morgan fingerprint density at radius 2 is 1.57 bits per heavy atom. The molecule has 1 rings (SSSR count). The lowest BCUT2D eigenvalue weighted by Crippen LogP contribution is -2.45. The molecule has 126 valence electrons. The Morgan fingerprint density at radius 1 is 0.952 bits per heavy atom. The smallest absolute Gasteiger partial charge is 0.00999 e. The molecule has 1 aliphatic carbocycles. The zero-order chi connectivity index (χ0) is 15.7. The van der Waals surface area contributed by atoms with E-state index >= 15 is 0 Å². The summed E-state index contributed by atoms with van der Waals surface area (Å²) >= 11 is 0. The summed E-state index contributed by atoms with van der Waals surface area (Å²) in [6.07, 6.45) is 15.7. The molecule has 3 atom stereocenters. The molecule has 0 heterocycles. The van der Waals surface area contributed by atoms with E-state index in [1.165, 1.54) is 70.6 Å². The Kier molecular flexibility index (Phi) is 8.94. The van der Waals surface area contributed by atoms with Crippen LogP contribution in [0.5, 0.6) is 0 Å². The minimum absolute atomic E-state index is 0.511. The summed E-state index contributed by atoms with van der Waals surface area (Å²) in [6.45, 7) is 9.76. The summed E-state index contributed by atoms with van der Waals surface area (Å²) in [5.74, 6) is 1.78. The van der Waals surface area contributed by atoms with Gasteiger partial charge in [0.15, 0.2) is 0 Å². The molecule has 1 saturated carbocycles. The van der Waals surface area contributed by atoms with Crippen LogP contribution in [0, 0.1) is 17.3 Å². The topological polar surface area (TPSA) is 12.0 Å². The van der Waals surface area contributed by atoms with Gasteiger partial charge in [0.1, 0.15) is 0 Å². The van der Waals surface area contributed by atoms with E-state index in [1.54, 1.807) is 0 Å². The van der Waals surface area contributed by atoms with Crippen molar-refractivity contribution in [2.75, 3.05) is 7.05 Å². The lowest BCUT2D eigenvalue weighted by atomic mass is 9.64. The van der Waals surface area contributed by atoms with E-state index in [-0.39, 0.29) is 0 Å². The Bertz CT molecular complexity index is 259. The first-order valence-electron chi connectivity index (χ1n) is 9.68. The maximum Gasteiger partial charge on any atom is 0.00999 e. The van der Waals surface area contributed by atoms with E-state index in [1.807, 2.05) is 0 Å². The lowest BCUT2D eigenvalue weighted by Gasteiger charge is -2.44. The molecule has 21 heavy (non-hydrogen) atoms. The predicted octanol–water partition coefficient (Wildman–Crippen LogP) is 6.18. The van der Waals surface area contributed by atoms with Crippen LogP contribution in [0.4, 0.5) is 0 Å². The maximum absolute atomic E-state index is 3.62. The van der Waals surface area contributed by atoms with Gasteiger partial charge >= 0.3 is 0 Å². The van der Waals surface area contributed by atoms with Gasteiger partial charge in [-0.1, -0.05) is 79.1 Å². The highest BCUT2D eigenvalue weighted by Crippen LogP contribution is 2.43. The minimum Gasteiger partial charge on any atom is -0.317 e. The molecule has 1 aliphatic rings. The monoisotopic (exact) mass is 295 g/mol. The normalized spacial score (nSPS) is 27.0. The van der Waals surface area contributed by atoms with E-state index in [2.05, 4.69) is 40.1 Å². The number of rotatable bonds is 10. The zero-order valence-corrected chi connectivity index (χ0v) is 15.5. The second kappa shape index (κ2) is 9.87. The molecular weight excluding hydrogens is 254 g/mol. The highest BCUT2D eigenvalue weighted by molar-refractivity contribution is 4.91. The average molecular weight is 296 g/mol. The number of nitrogens with one attached hydrogen (secondary N) is 1. The van der Waals surface area contributed by atoms with E-state index in [9.17, 15) is 0 Å². The molecular formula is C20H41N. The third kappa shape index (κ3) is 6.72. The summed E-state index contributed by atoms with van der Waals surface area (Å²) in [6, 6.07) is 0.744. The SMILES string of the molecule is CCCCCCCCCC(C)(C)C1CCC(C)CC1NC. The molecule has 1 nitrogen and oxygen atoms in total. The molecule has 0 radical (unpaired) electrons. The van der Waals surface area contributed by atoms with Gasteiger partial charge in [0.2, 0.25) is 0 Å². The highest BCUT2D eigenvalue weighted by atomic mass is 14.9. The fraction of sp³-hybridized carbons (Fsp3) is 1.00. The second-order valence-electron chi connectivity index (χ2n) is 8.28. The first-order chi connectivity index (χ1) is 10.0. The average Bonchev–Trinajstić information content (AvgIpc) is 2.45. The maximum atomic E-state index is 3.62. The van der Waals surface area contributed by atoms with Gasteiger partial charge in [0.05, 0.1) is 0 Å². The predicted molar refractivity (Wildman–Crippen MR) is 95.7 cm³/mol. The van der Waals surface area contributed by atoms with Gasteiger partial charge in [-0.2, -0.15) is 0 Å². The van der Waals surface area contributed by atoms with Crippen molar-refractivity contribution in [3.63, 3.8) is 0 Å². The molecule has 0 aromatic rings. The van der Waals surface area contributed by atoms with Crippen LogP contribution in [0.3, 0.4) is 0 Å². The van der Waals surface area contributed by atoms with Crippen molar-refractivity contribution in [3.05, 3.63) is 0 Å². The van der Waals surface area contributed by atoms with E-state index < -0.39 is 0 Å². The van der Waals surface area contributed by atoms with Crippen molar-refractivity contribution in [1.82, 2.24) is 5.32 Å². The summed E-state index contributed by atoms with van der Waals surface area (Å²) in [5.41, 5.74) is 0.511. The van der Waals surface area contributed by atoms with Crippen molar-refractivity contribution >= 4 is 0 Å². The molecule has 0 saturated heterocycles. The van der Waals surface area contributed by atoms with Crippen LogP contribution in [0.15, 0.2) is 0 Å². The minimum atomic E-state index is 0.511. The number of hydrogen-bond donors (Lipinski definition) is 1. The van der Waals surface area contributed by atoms with Gasteiger partial charge in [-0.25, -0.2) is 0 Å². The molecule has 0 aromatic carbocycles. The summed E-state index contributed by atoms with van der Waals surface area (Å²) in [4.78, 5) is 0. The van der Waals surface area contributed by atoms with E-state index in [0.717, 1.165) is 17.9 Å². The van der Waals surface area contributed by atoms with E-state index in [4.69, 9.17) is 0 Å². The fourth-order valence-corrected chi connectivity index (χ4v) is 4.36. The number of unbranched alkanes of at least 4 members (excludes halogenated alkanes) is 6. The van der Waals surface area contributed by atoms with Crippen LogP contribution in [0.25, 0.3) is 0 Å². The van der Waals surface area contributed by atoms with Crippen molar-refractivity contribution in [1.29, 1.82) is 0 Å². The molecule has 0 bridgehead atoms. The standard InChI is InChI=1S/C20H41N/c1-6-7-8-9-10-11-12-15-20(3,4)18-14-13-17(2)16-19(18)21-5/h17-19,21H,6-16H2,1-5H3. The van der Waals surface area contributed by atoms with Gasteiger partial charge in [0, 0.05) is 6.04 Å². The molecule has 0 aromatic heterocycles. The Hall–Kier alpha value is -0.0400. The first kappa shape index (κ1) is 19.0. The molecule has 0 amide bonds. The van der Waals surface area contributed by atoms with Gasteiger partial charge in [-0.15, -0.1) is 0 Å². The van der Waals surface area contributed by atoms with Crippen molar-refractivity contribution in [2.24, 2.45) is 17.3 Å². The molecule has 1 heteroatoms. The Labute approximate surface area is 134 Å². The third-order valence-electron chi connectivity index (χ3n) is 5.91. The molecule has 0 aliphatic heterocycles. The fourth-order valence-electron chi connectivity index (χ4n) is 4.36. The first-order valence-corrected chi connectivity index (χ1v) is 9.68. The largest absolute Gasteiger partial charge is 0.317 e. The van der Waals surface area contributed by atoms with Crippen molar-refractivity contribution in [2.45, 2.75) is 104 Å². The molecule has 3 unspecified atom stereocenters. The molecule has 1 fully saturated rings. The Balaban J connectivity index is 2.28. The third-order valence-corrected chi connectivity index (χ3v) is 5.91. The summed E-state index contributed by atoms with van der Waals surface area (Å²) < 4.78 is 0. The summed E-state index contributed by atoms with van der Waals surface area (Å²) in [5, 5.41) is 3.62. The molecule has 1 N–H and O–H groups in total. The second-order valence-corrected chi connectivity index (χ2v) is 8.28.